The Kier molecular flexibility index (Phi) is 74.4. The fourth-order valence-corrected chi connectivity index (χ4v) is 0.354. The van der Waals surface area contributed by atoms with Crippen molar-refractivity contribution in [1.29, 1.82) is 0 Å². The quantitative estimate of drug-likeness (QED) is 0.566. The van der Waals surface area contributed by atoms with E-state index in [-0.39, 0.29) is 0 Å². The van der Waals surface area contributed by atoms with Crippen LogP contribution in [0.5, 0.6) is 0 Å². The minimum absolute atomic E-state index is 0.833. The van der Waals surface area contributed by atoms with Gasteiger partial charge in [-0.05, 0) is 19.8 Å². The Morgan fingerprint density at radius 1 is 0.889 bits per heavy atom. The van der Waals surface area contributed by atoms with Gasteiger partial charge in [-0.3, -0.25) is 0 Å². The van der Waals surface area contributed by atoms with Gasteiger partial charge in [0.15, 0.2) is 0 Å². The van der Waals surface area contributed by atoms with Crippen molar-refractivity contribution in [2.45, 2.75) is 88.0 Å². The monoisotopic (exact) mass is 262 g/mol. The molecule has 0 aromatic carbocycles. The van der Waals surface area contributed by atoms with Crippen LogP contribution in [0.4, 0.5) is 0 Å². The molecular formula is C17H42O. The molecule has 0 radical (unpaired) electrons. The second-order valence-corrected chi connectivity index (χ2v) is 5.00. The van der Waals surface area contributed by atoms with Gasteiger partial charge in [-0.2, -0.15) is 0 Å². The molecule has 0 atom stereocenters. The lowest BCUT2D eigenvalue weighted by molar-refractivity contribution is 0.399. The molecule has 1 N–H and O–H groups in total. The first kappa shape index (κ1) is 30.6. The molecule has 0 aromatic heterocycles. The van der Waals surface area contributed by atoms with Crippen LogP contribution in [0.2, 0.25) is 0 Å². The third-order valence-electron chi connectivity index (χ3n) is 0.707. The largest absolute Gasteiger partial charge is 0.400 e. The first-order valence-electron chi connectivity index (χ1n) is 7.36. The van der Waals surface area contributed by atoms with Gasteiger partial charge >= 0.3 is 0 Å². The van der Waals surface area contributed by atoms with Gasteiger partial charge in [0, 0.05) is 7.11 Å². The molecule has 1 heteroatoms. The average Bonchev–Trinajstić information content (AvgIpc) is 2.21. The highest BCUT2D eigenvalue weighted by molar-refractivity contribution is 4.78. The summed E-state index contributed by atoms with van der Waals surface area (Å²) in [6.45, 7) is 22.7. The van der Waals surface area contributed by atoms with Crippen LogP contribution < -0.4 is 0 Å². The van der Waals surface area contributed by atoms with E-state index in [1.807, 2.05) is 13.8 Å². The van der Waals surface area contributed by atoms with Crippen molar-refractivity contribution in [3.8, 4) is 0 Å². The maximum atomic E-state index is 7.00. The standard InChI is InChI=1S/C5H12.C4H10.C4H8.C3H8.CH4O/c1-3-5-4-2;2*1-4(2)3;1-3-2;1-2/h3-5H2,1-2H3;4H,1-3H3;1H2,2-3H3;3H2,1-2H3;2H,1H3. The molecule has 0 unspecified atom stereocenters. The van der Waals surface area contributed by atoms with E-state index in [1.54, 1.807) is 0 Å². The van der Waals surface area contributed by atoms with Crippen molar-refractivity contribution in [2.24, 2.45) is 5.92 Å². The number of allylic oxidation sites excluding steroid dienone is 1. The molecule has 0 amide bonds. The predicted octanol–water partition coefficient (Wildman–Crippen LogP) is 6.47. The SMILES string of the molecule is C=C(C)C.CC(C)C.CCC.CCCCC.CO. The van der Waals surface area contributed by atoms with E-state index in [0.29, 0.717) is 0 Å². The van der Waals surface area contributed by atoms with Crippen molar-refractivity contribution >= 4 is 0 Å². The summed E-state index contributed by atoms with van der Waals surface area (Å²) in [7, 11) is 1.00. The summed E-state index contributed by atoms with van der Waals surface area (Å²) in [5.41, 5.74) is 1.17. The summed E-state index contributed by atoms with van der Waals surface area (Å²) in [5.74, 6) is 0.833. The van der Waals surface area contributed by atoms with E-state index in [1.165, 1.54) is 31.3 Å². The van der Waals surface area contributed by atoms with Gasteiger partial charge in [-0.1, -0.05) is 79.7 Å². The Balaban J connectivity index is -0.0000000404. The van der Waals surface area contributed by atoms with Gasteiger partial charge in [-0.25, -0.2) is 0 Å². The molecule has 0 aliphatic carbocycles. The Bertz CT molecular complexity index is 87.0. The molecule has 0 aliphatic heterocycles. The van der Waals surface area contributed by atoms with Crippen LogP contribution in [0.15, 0.2) is 12.2 Å². The van der Waals surface area contributed by atoms with Crippen LogP contribution in [0.3, 0.4) is 0 Å². The number of unbranched alkanes of at least 4 members (excludes halogenated alkanes) is 2. The average molecular weight is 263 g/mol. The minimum Gasteiger partial charge on any atom is -0.400 e. The molecular weight excluding hydrogens is 220 g/mol. The Hall–Kier alpha value is -0.300. The van der Waals surface area contributed by atoms with E-state index in [0.717, 1.165) is 13.0 Å². The highest BCUT2D eigenvalue weighted by Crippen LogP contribution is 1.88. The van der Waals surface area contributed by atoms with Crippen molar-refractivity contribution in [3.63, 3.8) is 0 Å². The smallest absolute Gasteiger partial charge is 0.0319 e. The van der Waals surface area contributed by atoms with Crippen molar-refractivity contribution in [3.05, 3.63) is 12.2 Å². The zero-order valence-electron chi connectivity index (χ0n) is 15.1. The van der Waals surface area contributed by atoms with Gasteiger partial charge in [0.05, 0.1) is 0 Å². The predicted molar refractivity (Wildman–Crippen MR) is 90.3 cm³/mol. The Labute approximate surface area is 119 Å². The van der Waals surface area contributed by atoms with Crippen molar-refractivity contribution in [2.75, 3.05) is 7.11 Å². The molecule has 0 rings (SSSR count). The Morgan fingerprint density at radius 3 is 1.00 bits per heavy atom. The van der Waals surface area contributed by atoms with E-state index >= 15 is 0 Å². The number of rotatable bonds is 2. The van der Waals surface area contributed by atoms with Crippen LogP contribution in [0.25, 0.3) is 0 Å². The summed E-state index contributed by atoms with van der Waals surface area (Å²) >= 11 is 0. The summed E-state index contributed by atoms with van der Waals surface area (Å²) in [6, 6.07) is 0. The highest BCUT2D eigenvalue weighted by Gasteiger charge is 1.68. The molecule has 18 heavy (non-hydrogen) atoms. The third-order valence-corrected chi connectivity index (χ3v) is 0.707. The normalized spacial score (nSPS) is 7.11. The summed E-state index contributed by atoms with van der Waals surface area (Å²) < 4.78 is 0. The van der Waals surface area contributed by atoms with Gasteiger partial charge in [0.2, 0.25) is 0 Å². The van der Waals surface area contributed by atoms with Crippen LogP contribution in [-0.4, -0.2) is 12.2 Å². The molecule has 0 spiro atoms. The van der Waals surface area contributed by atoms with Crippen molar-refractivity contribution in [1.82, 2.24) is 0 Å². The van der Waals surface area contributed by atoms with E-state index in [4.69, 9.17) is 5.11 Å². The number of aliphatic hydroxyl groups is 1. The van der Waals surface area contributed by atoms with E-state index < -0.39 is 0 Å². The maximum Gasteiger partial charge on any atom is 0.0319 e. The van der Waals surface area contributed by atoms with Crippen LogP contribution in [0, 0.1) is 5.92 Å². The lowest BCUT2D eigenvalue weighted by Crippen LogP contribution is -1.66. The molecule has 0 fully saturated rings. The molecule has 0 heterocycles. The van der Waals surface area contributed by atoms with Gasteiger partial charge in [-0.15, -0.1) is 6.58 Å². The van der Waals surface area contributed by atoms with E-state index in [2.05, 4.69) is 55.0 Å². The molecule has 0 aliphatic rings. The molecule has 0 bridgehead atoms. The third kappa shape index (κ3) is 1170. The fourth-order valence-electron chi connectivity index (χ4n) is 0.354. The molecule has 0 aromatic rings. The summed E-state index contributed by atoms with van der Waals surface area (Å²) in [4.78, 5) is 0. The van der Waals surface area contributed by atoms with Gasteiger partial charge in [0.25, 0.3) is 0 Å². The maximum absolute atomic E-state index is 7.00. The van der Waals surface area contributed by atoms with Crippen LogP contribution >= 0.6 is 0 Å². The molecule has 1 nitrogen and oxygen atoms in total. The Morgan fingerprint density at radius 2 is 1.00 bits per heavy atom. The second-order valence-electron chi connectivity index (χ2n) is 5.00. The zero-order chi connectivity index (χ0) is 16.0. The van der Waals surface area contributed by atoms with E-state index in [9.17, 15) is 0 Å². The lowest BCUT2D eigenvalue weighted by Gasteiger charge is -1.79. The van der Waals surface area contributed by atoms with Gasteiger partial charge < -0.3 is 5.11 Å². The highest BCUT2D eigenvalue weighted by atomic mass is 16.2. The molecule has 116 valence electrons. The zero-order valence-corrected chi connectivity index (χ0v) is 15.1. The molecule has 0 saturated carbocycles. The van der Waals surface area contributed by atoms with Gasteiger partial charge in [0.1, 0.15) is 0 Å². The number of hydrogen-bond acceptors (Lipinski definition) is 1. The summed E-state index contributed by atoms with van der Waals surface area (Å²) in [6.07, 6.45) is 5.33. The van der Waals surface area contributed by atoms with Crippen molar-refractivity contribution < 1.29 is 5.11 Å². The summed E-state index contributed by atoms with van der Waals surface area (Å²) in [5, 5.41) is 7.00. The van der Waals surface area contributed by atoms with Crippen LogP contribution in [-0.2, 0) is 0 Å². The number of hydrogen-bond donors (Lipinski definition) is 1. The topological polar surface area (TPSA) is 20.2 Å². The minimum atomic E-state index is 0.833. The first-order valence-corrected chi connectivity index (χ1v) is 7.36. The fraction of sp³-hybridized carbons (Fsp3) is 0.882. The second kappa shape index (κ2) is 43.7. The first-order chi connectivity index (χ1) is 8.29. The lowest BCUT2D eigenvalue weighted by atomic mass is 10.3. The number of aliphatic hydroxyl groups excluding tert-OH is 1. The molecule has 0 saturated heterocycles. The van der Waals surface area contributed by atoms with Crippen LogP contribution in [0.1, 0.15) is 88.0 Å².